The SMILES string of the molecule is Cc1cccc(NC(=O)c2ccccc2NC(=O)C(=O)NN=Cc2cccc(Oc3ccccc3)c2)c1. The number of nitrogens with zero attached hydrogens (tertiary/aromatic N) is 1. The predicted molar refractivity (Wildman–Crippen MR) is 143 cm³/mol. The van der Waals surface area contributed by atoms with Gasteiger partial charge in [0.25, 0.3) is 5.91 Å². The van der Waals surface area contributed by atoms with Crippen molar-refractivity contribution in [2.24, 2.45) is 5.10 Å². The molecule has 0 atom stereocenters. The Morgan fingerprint density at radius 1 is 0.730 bits per heavy atom. The molecule has 0 aliphatic heterocycles. The van der Waals surface area contributed by atoms with Crippen molar-refractivity contribution in [1.82, 2.24) is 5.43 Å². The molecule has 4 aromatic rings. The first-order valence-electron chi connectivity index (χ1n) is 11.4. The zero-order valence-corrected chi connectivity index (χ0v) is 20.0. The van der Waals surface area contributed by atoms with E-state index in [9.17, 15) is 14.4 Å². The van der Waals surface area contributed by atoms with Crippen molar-refractivity contribution in [2.45, 2.75) is 6.92 Å². The van der Waals surface area contributed by atoms with E-state index in [-0.39, 0.29) is 11.3 Å². The van der Waals surface area contributed by atoms with Crippen LogP contribution in [0.5, 0.6) is 11.5 Å². The number of rotatable bonds is 7. The molecule has 4 aromatic carbocycles. The summed E-state index contributed by atoms with van der Waals surface area (Å²) in [7, 11) is 0. The van der Waals surface area contributed by atoms with Gasteiger partial charge in [-0.1, -0.05) is 54.6 Å². The average Bonchev–Trinajstić information content (AvgIpc) is 2.90. The van der Waals surface area contributed by atoms with Crippen LogP contribution in [0.15, 0.2) is 108 Å². The van der Waals surface area contributed by atoms with Gasteiger partial charge in [-0.25, -0.2) is 5.43 Å². The van der Waals surface area contributed by atoms with Gasteiger partial charge < -0.3 is 15.4 Å². The lowest BCUT2D eigenvalue weighted by molar-refractivity contribution is -0.136. The third-order valence-corrected chi connectivity index (χ3v) is 5.12. The van der Waals surface area contributed by atoms with Crippen LogP contribution < -0.4 is 20.8 Å². The second-order valence-electron chi connectivity index (χ2n) is 8.01. The minimum atomic E-state index is -0.984. The van der Waals surface area contributed by atoms with Crippen molar-refractivity contribution < 1.29 is 19.1 Å². The van der Waals surface area contributed by atoms with Gasteiger partial charge in [-0.05, 0) is 66.6 Å². The van der Waals surface area contributed by atoms with Crippen molar-refractivity contribution in [3.05, 3.63) is 120 Å². The zero-order valence-electron chi connectivity index (χ0n) is 20.0. The summed E-state index contributed by atoms with van der Waals surface area (Å²) in [4.78, 5) is 37.5. The van der Waals surface area contributed by atoms with E-state index in [1.807, 2.05) is 55.5 Å². The van der Waals surface area contributed by atoms with Crippen LogP contribution in [0, 0.1) is 6.92 Å². The molecule has 0 bridgehead atoms. The second-order valence-corrected chi connectivity index (χ2v) is 8.01. The molecule has 0 radical (unpaired) electrons. The van der Waals surface area contributed by atoms with E-state index in [4.69, 9.17) is 4.74 Å². The highest BCUT2D eigenvalue weighted by molar-refractivity contribution is 6.40. The van der Waals surface area contributed by atoms with Crippen molar-refractivity contribution in [1.29, 1.82) is 0 Å². The molecule has 8 nitrogen and oxygen atoms in total. The minimum absolute atomic E-state index is 0.197. The van der Waals surface area contributed by atoms with Gasteiger partial charge in [0, 0.05) is 5.69 Å². The van der Waals surface area contributed by atoms with Crippen LogP contribution in [0.3, 0.4) is 0 Å². The molecule has 0 heterocycles. The highest BCUT2D eigenvalue weighted by Crippen LogP contribution is 2.21. The van der Waals surface area contributed by atoms with Crippen molar-refractivity contribution in [2.75, 3.05) is 10.6 Å². The monoisotopic (exact) mass is 492 g/mol. The van der Waals surface area contributed by atoms with Gasteiger partial charge in [0.05, 0.1) is 17.5 Å². The fourth-order valence-corrected chi connectivity index (χ4v) is 3.39. The number of hydrogen-bond acceptors (Lipinski definition) is 5. The van der Waals surface area contributed by atoms with Gasteiger partial charge in [0.1, 0.15) is 11.5 Å². The van der Waals surface area contributed by atoms with Crippen molar-refractivity contribution >= 4 is 35.3 Å². The van der Waals surface area contributed by atoms with Gasteiger partial charge in [-0.3, -0.25) is 14.4 Å². The Hall–Kier alpha value is -5.24. The largest absolute Gasteiger partial charge is 0.457 e. The van der Waals surface area contributed by atoms with Crippen molar-refractivity contribution in [3.63, 3.8) is 0 Å². The molecular weight excluding hydrogens is 468 g/mol. The number of carbonyl (C=O) groups excluding carboxylic acids is 3. The number of anilines is 2. The molecule has 0 fully saturated rings. The van der Waals surface area contributed by atoms with E-state index < -0.39 is 17.7 Å². The summed E-state index contributed by atoms with van der Waals surface area (Å²) in [6.45, 7) is 1.92. The van der Waals surface area contributed by atoms with Gasteiger partial charge in [-0.2, -0.15) is 5.10 Å². The molecule has 4 rings (SSSR count). The molecule has 0 aliphatic rings. The first-order chi connectivity index (χ1) is 18.0. The number of hydrogen-bond donors (Lipinski definition) is 3. The molecule has 37 heavy (non-hydrogen) atoms. The lowest BCUT2D eigenvalue weighted by Crippen LogP contribution is -2.33. The van der Waals surface area contributed by atoms with E-state index in [0.717, 1.165) is 5.56 Å². The summed E-state index contributed by atoms with van der Waals surface area (Å²) in [6.07, 6.45) is 1.40. The maximum Gasteiger partial charge on any atom is 0.329 e. The number of carbonyl (C=O) groups is 3. The summed E-state index contributed by atoms with van der Waals surface area (Å²) in [5.74, 6) is -1.08. The van der Waals surface area contributed by atoms with Crippen LogP contribution in [-0.4, -0.2) is 23.9 Å². The van der Waals surface area contributed by atoms with Crippen LogP contribution in [0.2, 0.25) is 0 Å². The lowest BCUT2D eigenvalue weighted by atomic mass is 10.1. The standard InChI is InChI=1S/C29H24N4O4/c1-20-9-7-11-22(17-20)31-27(34)25-15-5-6-16-26(25)32-28(35)29(36)33-30-19-21-10-8-14-24(18-21)37-23-12-3-2-4-13-23/h2-19H,1H3,(H,31,34)(H,32,35)(H,33,36). The Bertz CT molecular complexity index is 1450. The molecule has 3 N–H and O–H groups in total. The summed E-state index contributed by atoms with van der Waals surface area (Å²) < 4.78 is 5.78. The minimum Gasteiger partial charge on any atom is -0.457 e. The fraction of sp³-hybridized carbons (Fsp3) is 0.0345. The highest BCUT2D eigenvalue weighted by atomic mass is 16.5. The van der Waals surface area contributed by atoms with E-state index in [1.54, 1.807) is 48.5 Å². The number of nitrogens with one attached hydrogen (secondary N) is 3. The van der Waals surface area contributed by atoms with Crippen LogP contribution >= 0.6 is 0 Å². The zero-order chi connectivity index (χ0) is 26.0. The Morgan fingerprint density at radius 2 is 1.46 bits per heavy atom. The smallest absolute Gasteiger partial charge is 0.329 e. The van der Waals surface area contributed by atoms with Gasteiger partial charge in [0.2, 0.25) is 0 Å². The molecule has 0 aromatic heterocycles. The number of ether oxygens (including phenoxy) is 1. The van der Waals surface area contributed by atoms with E-state index in [1.165, 1.54) is 12.3 Å². The van der Waals surface area contributed by atoms with E-state index >= 15 is 0 Å². The van der Waals surface area contributed by atoms with Crippen LogP contribution in [0.1, 0.15) is 21.5 Å². The molecule has 0 saturated heterocycles. The van der Waals surface area contributed by atoms with Crippen LogP contribution in [0.25, 0.3) is 0 Å². The maximum absolute atomic E-state index is 12.8. The van der Waals surface area contributed by atoms with Crippen molar-refractivity contribution in [3.8, 4) is 11.5 Å². The molecule has 8 heteroatoms. The number of amides is 3. The third kappa shape index (κ3) is 7.12. The molecule has 0 aliphatic carbocycles. The maximum atomic E-state index is 12.8. The quantitative estimate of drug-likeness (QED) is 0.189. The fourth-order valence-electron chi connectivity index (χ4n) is 3.39. The van der Waals surface area contributed by atoms with E-state index in [0.29, 0.717) is 22.7 Å². The topological polar surface area (TPSA) is 109 Å². The Kier molecular flexibility index (Phi) is 8.03. The molecule has 0 unspecified atom stereocenters. The molecular formula is C29H24N4O4. The predicted octanol–water partition coefficient (Wildman–Crippen LogP) is 5.13. The number of para-hydroxylation sites is 2. The third-order valence-electron chi connectivity index (χ3n) is 5.12. The summed E-state index contributed by atoms with van der Waals surface area (Å²) >= 11 is 0. The number of aryl methyl sites for hydroxylation is 1. The summed E-state index contributed by atoms with van der Waals surface area (Å²) in [6, 6.07) is 30.2. The molecule has 0 spiro atoms. The molecule has 184 valence electrons. The summed E-state index contributed by atoms with van der Waals surface area (Å²) in [5, 5.41) is 9.11. The van der Waals surface area contributed by atoms with Crippen LogP contribution in [-0.2, 0) is 9.59 Å². The highest BCUT2D eigenvalue weighted by Gasteiger charge is 2.17. The Balaban J connectivity index is 1.35. The van der Waals surface area contributed by atoms with E-state index in [2.05, 4.69) is 21.2 Å². The van der Waals surface area contributed by atoms with Gasteiger partial charge in [0.15, 0.2) is 0 Å². The van der Waals surface area contributed by atoms with Gasteiger partial charge >= 0.3 is 11.8 Å². The Morgan fingerprint density at radius 3 is 2.27 bits per heavy atom. The summed E-state index contributed by atoms with van der Waals surface area (Å²) in [5.41, 5.74) is 4.87. The number of hydrazone groups is 1. The van der Waals surface area contributed by atoms with Gasteiger partial charge in [-0.15, -0.1) is 0 Å². The molecule has 0 saturated carbocycles. The second kappa shape index (κ2) is 11.9. The van der Waals surface area contributed by atoms with Crippen LogP contribution in [0.4, 0.5) is 11.4 Å². The number of benzene rings is 4. The lowest BCUT2D eigenvalue weighted by Gasteiger charge is -2.11. The average molecular weight is 493 g/mol. The molecule has 3 amide bonds. The Labute approximate surface area is 214 Å². The first kappa shape index (κ1) is 24.9. The normalized spacial score (nSPS) is 10.5. The first-order valence-corrected chi connectivity index (χ1v) is 11.4.